The lowest BCUT2D eigenvalue weighted by Crippen LogP contribution is -2.10. The number of benzene rings is 2. The molecule has 0 aliphatic rings. The van der Waals surface area contributed by atoms with Gasteiger partial charge in [-0.3, -0.25) is 10.1 Å². The van der Waals surface area contributed by atoms with Crippen LogP contribution in [0.5, 0.6) is 11.5 Å². The molecular formula is C16H12BrNO5. The number of carbonyl (C=O) groups excluding carboxylic acids is 1. The molecule has 0 heterocycles. The predicted molar refractivity (Wildman–Crippen MR) is 88.1 cm³/mol. The first-order valence-electron chi connectivity index (χ1n) is 6.47. The van der Waals surface area contributed by atoms with Crippen molar-refractivity contribution in [2.45, 2.75) is 0 Å². The van der Waals surface area contributed by atoms with Gasteiger partial charge in [0.05, 0.1) is 17.6 Å². The molecule has 0 bridgehead atoms. The topological polar surface area (TPSA) is 78.7 Å². The fraction of sp³-hybridized carbons (Fsp3) is 0.0625. The van der Waals surface area contributed by atoms with Gasteiger partial charge in [0.25, 0.3) is 0 Å². The molecule has 0 spiro atoms. The van der Waals surface area contributed by atoms with E-state index in [-0.39, 0.29) is 5.75 Å². The van der Waals surface area contributed by atoms with E-state index in [1.54, 1.807) is 36.4 Å². The van der Waals surface area contributed by atoms with Gasteiger partial charge in [-0.05, 0) is 45.8 Å². The second-order valence-electron chi connectivity index (χ2n) is 4.38. The SMILES string of the molecule is COc1cc(C=C[N+](=O)[O-])ccc1OC(=O)c1ccccc1Br. The van der Waals surface area contributed by atoms with Crippen LogP contribution in [0.3, 0.4) is 0 Å². The zero-order valence-electron chi connectivity index (χ0n) is 12.1. The Hall–Kier alpha value is -2.67. The molecule has 0 N–H and O–H groups in total. The molecule has 118 valence electrons. The highest BCUT2D eigenvalue weighted by Crippen LogP contribution is 2.30. The van der Waals surface area contributed by atoms with Crippen molar-refractivity contribution >= 4 is 28.0 Å². The van der Waals surface area contributed by atoms with E-state index >= 15 is 0 Å². The molecule has 7 heteroatoms. The molecule has 2 aromatic rings. The number of halogens is 1. The van der Waals surface area contributed by atoms with Crippen LogP contribution in [-0.4, -0.2) is 18.0 Å². The fourth-order valence-corrected chi connectivity index (χ4v) is 2.25. The van der Waals surface area contributed by atoms with Crippen molar-refractivity contribution in [2.24, 2.45) is 0 Å². The zero-order chi connectivity index (χ0) is 16.8. The average Bonchev–Trinajstić information content (AvgIpc) is 2.54. The highest BCUT2D eigenvalue weighted by Gasteiger charge is 2.15. The quantitative estimate of drug-likeness (QED) is 0.341. The van der Waals surface area contributed by atoms with Crippen molar-refractivity contribution in [1.29, 1.82) is 0 Å². The van der Waals surface area contributed by atoms with Gasteiger partial charge in [-0.15, -0.1) is 0 Å². The standard InChI is InChI=1S/C16H12BrNO5/c1-22-15-10-11(8-9-18(20)21)6-7-14(15)23-16(19)12-4-2-3-5-13(12)17/h2-10H,1H3. The van der Waals surface area contributed by atoms with E-state index in [1.165, 1.54) is 19.3 Å². The van der Waals surface area contributed by atoms with Gasteiger partial charge in [0.1, 0.15) is 0 Å². The Morgan fingerprint density at radius 1 is 1.22 bits per heavy atom. The van der Waals surface area contributed by atoms with Crippen LogP contribution in [0.25, 0.3) is 6.08 Å². The maximum Gasteiger partial charge on any atom is 0.344 e. The van der Waals surface area contributed by atoms with Crippen molar-refractivity contribution in [1.82, 2.24) is 0 Å². The van der Waals surface area contributed by atoms with Crippen LogP contribution in [0.4, 0.5) is 0 Å². The molecule has 0 radical (unpaired) electrons. The van der Waals surface area contributed by atoms with Gasteiger partial charge < -0.3 is 9.47 Å². The van der Waals surface area contributed by atoms with Crippen LogP contribution >= 0.6 is 15.9 Å². The van der Waals surface area contributed by atoms with Gasteiger partial charge in [0.15, 0.2) is 11.5 Å². The number of hydrogen-bond donors (Lipinski definition) is 0. The predicted octanol–water partition coefficient (Wildman–Crippen LogP) is 3.92. The molecule has 6 nitrogen and oxygen atoms in total. The van der Waals surface area contributed by atoms with Gasteiger partial charge in [-0.2, -0.15) is 0 Å². The first-order chi connectivity index (χ1) is 11.0. The molecule has 0 atom stereocenters. The number of methoxy groups -OCH3 is 1. The summed E-state index contributed by atoms with van der Waals surface area (Å²) in [6.07, 6.45) is 2.14. The van der Waals surface area contributed by atoms with Crippen LogP contribution in [0, 0.1) is 10.1 Å². The third kappa shape index (κ3) is 4.40. The Bertz CT molecular complexity index is 773. The molecule has 0 aromatic heterocycles. The minimum absolute atomic E-state index is 0.228. The second kappa shape index (κ2) is 7.55. The minimum Gasteiger partial charge on any atom is -0.493 e. The highest BCUT2D eigenvalue weighted by atomic mass is 79.9. The Labute approximate surface area is 140 Å². The molecule has 2 aromatic carbocycles. The number of esters is 1. The van der Waals surface area contributed by atoms with Crippen molar-refractivity contribution in [3.8, 4) is 11.5 Å². The summed E-state index contributed by atoms with van der Waals surface area (Å²) in [6.45, 7) is 0. The molecular weight excluding hydrogens is 366 g/mol. The average molecular weight is 378 g/mol. The van der Waals surface area contributed by atoms with Gasteiger partial charge in [0.2, 0.25) is 6.20 Å². The smallest absolute Gasteiger partial charge is 0.344 e. The van der Waals surface area contributed by atoms with Crippen LogP contribution in [0.1, 0.15) is 15.9 Å². The molecule has 0 saturated carbocycles. The summed E-state index contributed by atoms with van der Waals surface area (Å²) in [5, 5.41) is 10.3. The molecule has 0 aliphatic carbocycles. The lowest BCUT2D eigenvalue weighted by molar-refractivity contribution is -0.400. The molecule has 0 unspecified atom stereocenters. The number of carbonyl (C=O) groups is 1. The zero-order valence-corrected chi connectivity index (χ0v) is 13.6. The van der Waals surface area contributed by atoms with Crippen LogP contribution < -0.4 is 9.47 Å². The van der Waals surface area contributed by atoms with Crippen molar-refractivity contribution in [3.05, 3.63) is 74.4 Å². The normalized spacial score (nSPS) is 10.5. The summed E-state index contributed by atoms with van der Waals surface area (Å²) in [6, 6.07) is 11.5. The van der Waals surface area contributed by atoms with Gasteiger partial charge in [-0.25, -0.2) is 4.79 Å². The summed E-state index contributed by atoms with van der Waals surface area (Å²) >= 11 is 3.29. The Balaban J connectivity index is 2.24. The van der Waals surface area contributed by atoms with E-state index in [4.69, 9.17) is 9.47 Å². The number of hydrogen-bond acceptors (Lipinski definition) is 5. The third-order valence-corrected chi connectivity index (χ3v) is 3.56. The van der Waals surface area contributed by atoms with Crippen LogP contribution in [0.15, 0.2) is 53.1 Å². The van der Waals surface area contributed by atoms with Crippen molar-refractivity contribution in [3.63, 3.8) is 0 Å². The molecule has 0 amide bonds. The maximum atomic E-state index is 12.2. The summed E-state index contributed by atoms with van der Waals surface area (Å²) < 4.78 is 11.1. The van der Waals surface area contributed by atoms with Crippen molar-refractivity contribution in [2.75, 3.05) is 7.11 Å². The van der Waals surface area contributed by atoms with Crippen LogP contribution in [0.2, 0.25) is 0 Å². The Morgan fingerprint density at radius 3 is 2.61 bits per heavy atom. The van der Waals surface area contributed by atoms with Crippen LogP contribution in [-0.2, 0) is 0 Å². The first-order valence-corrected chi connectivity index (χ1v) is 7.27. The van der Waals surface area contributed by atoms with E-state index in [9.17, 15) is 14.9 Å². The minimum atomic E-state index is -0.562. The summed E-state index contributed by atoms with van der Waals surface area (Å²) in [5.74, 6) is -0.00762. The van der Waals surface area contributed by atoms with E-state index in [1.807, 2.05) is 0 Å². The van der Waals surface area contributed by atoms with E-state index in [0.717, 1.165) is 6.20 Å². The van der Waals surface area contributed by atoms with E-state index in [0.29, 0.717) is 21.3 Å². The number of nitro groups is 1. The number of nitrogens with zero attached hydrogens (tertiary/aromatic N) is 1. The Kier molecular flexibility index (Phi) is 5.48. The molecule has 2 rings (SSSR count). The molecule has 0 aliphatic heterocycles. The molecule has 23 heavy (non-hydrogen) atoms. The van der Waals surface area contributed by atoms with E-state index < -0.39 is 10.9 Å². The monoisotopic (exact) mass is 377 g/mol. The van der Waals surface area contributed by atoms with Gasteiger partial charge in [0, 0.05) is 10.5 Å². The summed E-state index contributed by atoms with van der Waals surface area (Å²) in [4.78, 5) is 22.0. The van der Waals surface area contributed by atoms with Gasteiger partial charge >= 0.3 is 5.97 Å². The Morgan fingerprint density at radius 2 is 1.96 bits per heavy atom. The fourth-order valence-electron chi connectivity index (χ4n) is 1.80. The second-order valence-corrected chi connectivity index (χ2v) is 5.24. The lowest BCUT2D eigenvalue weighted by atomic mass is 10.2. The lowest BCUT2D eigenvalue weighted by Gasteiger charge is -2.10. The molecule has 0 fully saturated rings. The largest absolute Gasteiger partial charge is 0.493 e. The van der Waals surface area contributed by atoms with E-state index in [2.05, 4.69) is 15.9 Å². The molecule has 0 saturated heterocycles. The number of rotatable bonds is 5. The maximum absolute atomic E-state index is 12.2. The number of ether oxygens (including phenoxy) is 2. The van der Waals surface area contributed by atoms with Gasteiger partial charge in [-0.1, -0.05) is 18.2 Å². The summed E-state index contributed by atoms with van der Waals surface area (Å²) in [7, 11) is 1.42. The summed E-state index contributed by atoms with van der Waals surface area (Å²) in [5.41, 5.74) is 0.936. The third-order valence-electron chi connectivity index (χ3n) is 2.87. The highest BCUT2D eigenvalue weighted by molar-refractivity contribution is 9.10. The first kappa shape index (κ1) is 16.7. The van der Waals surface area contributed by atoms with Crippen molar-refractivity contribution < 1.29 is 19.2 Å².